The highest BCUT2D eigenvalue weighted by atomic mass is 16.1. The molecule has 4 heteroatoms. The van der Waals surface area contributed by atoms with Crippen LogP contribution in [0.3, 0.4) is 0 Å². The zero-order valence-electron chi connectivity index (χ0n) is 11.8. The second-order valence-electron chi connectivity index (χ2n) is 5.40. The van der Waals surface area contributed by atoms with Gasteiger partial charge in [0.15, 0.2) is 0 Å². The van der Waals surface area contributed by atoms with Crippen molar-refractivity contribution in [1.82, 2.24) is 5.32 Å². The molecule has 0 atom stereocenters. The summed E-state index contributed by atoms with van der Waals surface area (Å²) in [6, 6.07) is 7.80. The average Bonchev–Trinajstić information content (AvgIpc) is 2.29. The number of hydrogen-bond donors (Lipinski definition) is 3. The molecule has 106 valence electrons. The minimum Gasteiger partial charge on any atom is -0.402 e. The van der Waals surface area contributed by atoms with Crippen molar-refractivity contribution in [2.75, 3.05) is 0 Å². The highest BCUT2D eigenvalue weighted by Gasteiger charge is 2.20. The van der Waals surface area contributed by atoms with Crippen molar-refractivity contribution in [2.24, 2.45) is 11.7 Å². The first kappa shape index (κ1) is 14.3. The molecule has 0 aromatic heterocycles. The summed E-state index contributed by atoms with van der Waals surface area (Å²) < 4.78 is 0. The first-order chi connectivity index (χ1) is 9.54. The van der Waals surface area contributed by atoms with Crippen LogP contribution in [0.15, 0.2) is 36.0 Å². The van der Waals surface area contributed by atoms with Gasteiger partial charge in [0.25, 0.3) is 0 Å². The van der Waals surface area contributed by atoms with Gasteiger partial charge in [-0.2, -0.15) is 0 Å². The van der Waals surface area contributed by atoms with Crippen molar-refractivity contribution in [1.29, 1.82) is 5.41 Å². The number of nitrogens with two attached hydrogens (primary N) is 1. The molecular formula is C16H21N3O. The summed E-state index contributed by atoms with van der Waals surface area (Å²) in [5.74, 6) is 0.285. The molecule has 0 spiro atoms. The molecule has 4 N–H and O–H groups in total. The third kappa shape index (κ3) is 3.95. The van der Waals surface area contributed by atoms with Crippen LogP contribution in [-0.2, 0) is 11.2 Å². The van der Waals surface area contributed by atoms with Crippen LogP contribution in [0.4, 0.5) is 0 Å². The zero-order chi connectivity index (χ0) is 14.5. The van der Waals surface area contributed by atoms with E-state index in [1.54, 1.807) is 6.08 Å². The van der Waals surface area contributed by atoms with Gasteiger partial charge >= 0.3 is 0 Å². The lowest BCUT2D eigenvalue weighted by molar-refractivity contribution is -0.119. The van der Waals surface area contributed by atoms with Crippen LogP contribution in [-0.4, -0.2) is 11.7 Å². The van der Waals surface area contributed by atoms with Crippen molar-refractivity contribution in [3.63, 3.8) is 0 Å². The van der Waals surface area contributed by atoms with E-state index < -0.39 is 0 Å². The van der Waals surface area contributed by atoms with Crippen molar-refractivity contribution < 1.29 is 4.79 Å². The molecule has 1 aliphatic carbocycles. The number of amides is 1. The minimum absolute atomic E-state index is 0.0755. The number of rotatable bonds is 4. The minimum atomic E-state index is -0.184. The van der Waals surface area contributed by atoms with E-state index in [9.17, 15) is 4.79 Å². The summed E-state index contributed by atoms with van der Waals surface area (Å²) in [7, 11) is 0. The van der Waals surface area contributed by atoms with E-state index in [1.165, 1.54) is 6.42 Å². The molecule has 2 rings (SSSR count). The largest absolute Gasteiger partial charge is 0.402 e. The highest BCUT2D eigenvalue weighted by Crippen LogP contribution is 2.30. The molecule has 1 amide bonds. The Kier molecular flexibility index (Phi) is 4.56. The van der Waals surface area contributed by atoms with E-state index in [1.807, 2.05) is 31.2 Å². The van der Waals surface area contributed by atoms with Gasteiger partial charge in [-0.15, -0.1) is 0 Å². The average molecular weight is 271 g/mol. The number of aryl methyl sites for hydroxylation is 1. The third-order valence-corrected chi connectivity index (χ3v) is 3.65. The van der Waals surface area contributed by atoms with Gasteiger partial charge in [0.05, 0.1) is 6.42 Å². The van der Waals surface area contributed by atoms with E-state index >= 15 is 0 Å². The highest BCUT2D eigenvalue weighted by molar-refractivity contribution is 6.03. The Balaban J connectivity index is 1.84. The molecule has 1 aromatic carbocycles. The van der Waals surface area contributed by atoms with E-state index in [0.29, 0.717) is 11.6 Å². The Hall–Kier alpha value is -2.10. The van der Waals surface area contributed by atoms with Gasteiger partial charge in [-0.3, -0.25) is 10.2 Å². The summed E-state index contributed by atoms with van der Waals surface area (Å²) in [4.78, 5) is 11.8. The van der Waals surface area contributed by atoms with Gasteiger partial charge in [0.2, 0.25) is 5.91 Å². The Labute approximate surface area is 119 Å². The van der Waals surface area contributed by atoms with E-state index in [-0.39, 0.29) is 18.2 Å². The lowest BCUT2D eigenvalue weighted by atomic mass is 9.83. The van der Waals surface area contributed by atoms with Crippen LogP contribution in [0.1, 0.15) is 30.4 Å². The van der Waals surface area contributed by atoms with Gasteiger partial charge < -0.3 is 11.1 Å². The first-order valence-electron chi connectivity index (χ1n) is 6.95. The number of benzene rings is 1. The van der Waals surface area contributed by atoms with Gasteiger partial charge in [-0.25, -0.2) is 0 Å². The molecule has 1 aromatic rings. The summed E-state index contributed by atoms with van der Waals surface area (Å²) in [5, 5.41) is 10.3. The number of allylic oxidation sites excluding steroid dienone is 1. The summed E-state index contributed by atoms with van der Waals surface area (Å²) in [6.07, 6.45) is 5.23. The molecule has 0 heterocycles. The molecule has 1 saturated carbocycles. The van der Waals surface area contributed by atoms with Crippen LogP contribution in [0.25, 0.3) is 0 Å². The number of carbonyl (C=O) groups is 1. The Morgan fingerprint density at radius 3 is 2.60 bits per heavy atom. The Morgan fingerprint density at radius 2 is 2.05 bits per heavy atom. The van der Waals surface area contributed by atoms with Crippen molar-refractivity contribution >= 4 is 11.7 Å². The topological polar surface area (TPSA) is 79.0 Å². The molecule has 0 aliphatic heterocycles. The summed E-state index contributed by atoms with van der Waals surface area (Å²) in [5.41, 5.74) is 8.71. The predicted octanol–water partition coefficient (Wildman–Crippen LogP) is 2.27. The maximum absolute atomic E-state index is 11.8. The molecule has 1 fully saturated rings. The van der Waals surface area contributed by atoms with Crippen LogP contribution in [0.5, 0.6) is 0 Å². The number of carbonyl (C=O) groups excluding carboxylic acids is 1. The molecule has 4 nitrogen and oxygen atoms in total. The lowest BCUT2D eigenvalue weighted by Gasteiger charge is -2.25. The Bertz CT molecular complexity index is 527. The number of hydrogen-bond acceptors (Lipinski definition) is 3. The van der Waals surface area contributed by atoms with Crippen molar-refractivity contribution in [2.45, 2.75) is 32.6 Å². The molecule has 0 radical (unpaired) electrons. The van der Waals surface area contributed by atoms with Gasteiger partial charge in [-0.1, -0.05) is 36.2 Å². The molecule has 0 unspecified atom stereocenters. The zero-order valence-corrected chi connectivity index (χ0v) is 11.8. The van der Waals surface area contributed by atoms with Crippen molar-refractivity contribution in [3.8, 4) is 0 Å². The monoisotopic (exact) mass is 271 g/mol. The number of nitrogens with one attached hydrogen (secondary N) is 2. The quantitative estimate of drug-likeness (QED) is 0.580. The first-order valence-corrected chi connectivity index (χ1v) is 6.95. The van der Waals surface area contributed by atoms with E-state index in [0.717, 1.165) is 24.0 Å². The fourth-order valence-electron chi connectivity index (χ4n) is 2.15. The predicted molar refractivity (Wildman–Crippen MR) is 80.4 cm³/mol. The van der Waals surface area contributed by atoms with Gasteiger partial charge in [0.1, 0.15) is 5.84 Å². The summed E-state index contributed by atoms with van der Waals surface area (Å²) in [6.45, 7) is 2.01. The number of amidine groups is 1. The van der Waals surface area contributed by atoms with E-state index in [4.69, 9.17) is 11.1 Å². The molecule has 1 aliphatic rings. The van der Waals surface area contributed by atoms with Crippen molar-refractivity contribution in [3.05, 3.63) is 47.2 Å². The normalized spacial score (nSPS) is 15.6. The second kappa shape index (κ2) is 6.37. The molecule has 20 heavy (non-hydrogen) atoms. The van der Waals surface area contributed by atoms with Crippen LogP contribution in [0, 0.1) is 18.3 Å². The SMILES string of the molecule is Cc1ccc(CC(=O)NC(=N)/C=C(\N)C2CCC2)cc1. The van der Waals surface area contributed by atoms with Gasteiger partial charge in [-0.05, 0) is 37.3 Å². The molecular weight excluding hydrogens is 250 g/mol. The summed E-state index contributed by atoms with van der Waals surface area (Å²) >= 11 is 0. The lowest BCUT2D eigenvalue weighted by Crippen LogP contribution is -2.31. The standard InChI is InChI=1S/C16H21N3O/c1-11-5-7-12(8-6-11)9-16(20)19-15(18)10-14(17)13-3-2-4-13/h5-8,10,13H,2-4,9,17H2,1H3,(H2,18,19,20)/b14-10-. The smallest absolute Gasteiger partial charge is 0.229 e. The van der Waals surface area contributed by atoms with Crippen LogP contribution >= 0.6 is 0 Å². The Morgan fingerprint density at radius 1 is 1.40 bits per heavy atom. The fourth-order valence-corrected chi connectivity index (χ4v) is 2.15. The fraction of sp³-hybridized carbons (Fsp3) is 0.375. The van der Waals surface area contributed by atoms with Crippen LogP contribution < -0.4 is 11.1 Å². The maximum Gasteiger partial charge on any atom is 0.229 e. The van der Waals surface area contributed by atoms with Gasteiger partial charge in [0, 0.05) is 5.70 Å². The van der Waals surface area contributed by atoms with Crippen LogP contribution in [0.2, 0.25) is 0 Å². The second-order valence-corrected chi connectivity index (χ2v) is 5.40. The third-order valence-electron chi connectivity index (χ3n) is 3.65. The van der Waals surface area contributed by atoms with E-state index in [2.05, 4.69) is 5.32 Å². The molecule has 0 saturated heterocycles. The maximum atomic E-state index is 11.8. The molecule has 0 bridgehead atoms.